The Morgan fingerprint density at radius 2 is 2.24 bits per heavy atom. The highest BCUT2D eigenvalue weighted by Gasteiger charge is 2.45. The van der Waals surface area contributed by atoms with Gasteiger partial charge in [0.15, 0.2) is 11.5 Å². The highest BCUT2D eigenvalue weighted by atomic mass is 16.5. The molecule has 0 bridgehead atoms. The third-order valence-electron chi connectivity index (χ3n) is 4.61. The average Bonchev–Trinajstić information content (AvgIpc) is 2.91. The fourth-order valence-electron chi connectivity index (χ4n) is 3.31. The van der Waals surface area contributed by atoms with Crippen molar-refractivity contribution in [1.29, 1.82) is 0 Å². The van der Waals surface area contributed by atoms with E-state index in [-0.39, 0.29) is 0 Å². The molecular weight excluding hydrogens is 270 g/mol. The minimum absolute atomic E-state index is 0.388. The third-order valence-corrected chi connectivity index (χ3v) is 4.61. The van der Waals surface area contributed by atoms with Crippen LogP contribution in [0.1, 0.15) is 38.3 Å². The van der Waals surface area contributed by atoms with Gasteiger partial charge >= 0.3 is 5.97 Å². The van der Waals surface area contributed by atoms with E-state index >= 15 is 0 Å². The van der Waals surface area contributed by atoms with E-state index in [9.17, 15) is 9.90 Å². The maximum absolute atomic E-state index is 11.8. The molecule has 0 amide bonds. The second kappa shape index (κ2) is 6.33. The van der Waals surface area contributed by atoms with Crippen molar-refractivity contribution in [1.82, 2.24) is 4.98 Å². The van der Waals surface area contributed by atoms with Crippen molar-refractivity contribution in [3.05, 3.63) is 18.0 Å². The van der Waals surface area contributed by atoms with Gasteiger partial charge in [0.25, 0.3) is 0 Å². The van der Waals surface area contributed by atoms with Crippen LogP contribution in [0.3, 0.4) is 0 Å². The number of carboxylic acids is 1. The average molecular weight is 293 g/mol. The zero-order valence-corrected chi connectivity index (χ0v) is 12.9. The van der Waals surface area contributed by atoms with Crippen LogP contribution in [0.15, 0.2) is 12.3 Å². The van der Waals surface area contributed by atoms with Gasteiger partial charge in [-0.3, -0.25) is 9.78 Å². The molecule has 0 spiro atoms. The summed E-state index contributed by atoms with van der Waals surface area (Å²) in [5, 5.41) is 9.73. The van der Waals surface area contributed by atoms with Crippen LogP contribution in [0.25, 0.3) is 0 Å². The molecule has 1 aromatic rings. The van der Waals surface area contributed by atoms with Gasteiger partial charge in [0.2, 0.25) is 0 Å². The Kier molecular flexibility index (Phi) is 4.70. The van der Waals surface area contributed by atoms with Gasteiger partial charge in [-0.2, -0.15) is 0 Å². The SMILES string of the molecule is CCC1CCC(Cc2nccc(OC)c2OC)(C(=O)O)C1. The molecule has 1 aliphatic rings. The molecule has 0 radical (unpaired) electrons. The van der Waals surface area contributed by atoms with Crippen LogP contribution in [-0.2, 0) is 11.2 Å². The van der Waals surface area contributed by atoms with Gasteiger partial charge in [-0.05, 0) is 25.2 Å². The summed E-state index contributed by atoms with van der Waals surface area (Å²) < 4.78 is 10.6. The number of hydrogen-bond donors (Lipinski definition) is 1. The Hall–Kier alpha value is -1.78. The molecule has 116 valence electrons. The van der Waals surface area contributed by atoms with Crippen molar-refractivity contribution < 1.29 is 19.4 Å². The molecule has 5 heteroatoms. The number of pyridine rings is 1. The van der Waals surface area contributed by atoms with Gasteiger partial charge in [0.1, 0.15) is 0 Å². The topological polar surface area (TPSA) is 68.7 Å². The monoisotopic (exact) mass is 293 g/mol. The van der Waals surface area contributed by atoms with Crippen molar-refractivity contribution in [2.75, 3.05) is 14.2 Å². The molecule has 2 unspecified atom stereocenters. The normalized spacial score (nSPS) is 24.8. The maximum Gasteiger partial charge on any atom is 0.310 e. The van der Waals surface area contributed by atoms with Crippen LogP contribution in [0.2, 0.25) is 0 Å². The summed E-state index contributed by atoms with van der Waals surface area (Å²) in [5.74, 6) is 0.886. The molecular formula is C16H23NO4. The minimum Gasteiger partial charge on any atom is -0.493 e. The van der Waals surface area contributed by atoms with Crippen LogP contribution in [-0.4, -0.2) is 30.3 Å². The first-order valence-electron chi connectivity index (χ1n) is 7.35. The van der Waals surface area contributed by atoms with E-state index in [0.29, 0.717) is 42.4 Å². The summed E-state index contributed by atoms with van der Waals surface area (Å²) in [6.45, 7) is 2.12. The van der Waals surface area contributed by atoms with Crippen molar-refractivity contribution in [2.45, 2.75) is 39.0 Å². The van der Waals surface area contributed by atoms with Crippen LogP contribution in [0.5, 0.6) is 11.5 Å². The van der Waals surface area contributed by atoms with Gasteiger partial charge < -0.3 is 14.6 Å². The largest absolute Gasteiger partial charge is 0.493 e. The predicted octanol–water partition coefficient (Wildman–Crippen LogP) is 2.92. The van der Waals surface area contributed by atoms with E-state index in [1.807, 2.05) is 0 Å². The first-order valence-corrected chi connectivity index (χ1v) is 7.35. The quantitative estimate of drug-likeness (QED) is 0.873. The molecule has 1 aromatic heterocycles. The molecule has 1 fully saturated rings. The van der Waals surface area contributed by atoms with Crippen LogP contribution in [0, 0.1) is 11.3 Å². The van der Waals surface area contributed by atoms with Crippen molar-refractivity contribution >= 4 is 5.97 Å². The second-order valence-electron chi connectivity index (χ2n) is 5.77. The van der Waals surface area contributed by atoms with E-state index < -0.39 is 11.4 Å². The van der Waals surface area contributed by atoms with E-state index in [2.05, 4.69) is 11.9 Å². The smallest absolute Gasteiger partial charge is 0.310 e. The van der Waals surface area contributed by atoms with E-state index in [0.717, 1.165) is 12.8 Å². The fourth-order valence-corrected chi connectivity index (χ4v) is 3.31. The molecule has 1 N–H and O–H groups in total. The van der Waals surface area contributed by atoms with E-state index in [1.54, 1.807) is 26.5 Å². The summed E-state index contributed by atoms with van der Waals surface area (Å²) in [6, 6.07) is 1.72. The molecule has 5 nitrogen and oxygen atoms in total. The van der Waals surface area contributed by atoms with Crippen LogP contribution < -0.4 is 9.47 Å². The fraction of sp³-hybridized carbons (Fsp3) is 0.625. The van der Waals surface area contributed by atoms with E-state index in [1.165, 1.54) is 0 Å². The maximum atomic E-state index is 11.8. The highest BCUT2D eigenvalue weighted by Crippen LogP contribution is 2.47. The molecule has 0 aromatic carbocycles. The molecule has 2 rings (SSSR count). The lowest BCUT2D eigenvalue weighted by Crippen LogP contribution is -2.31. The third kappa shape index (κ3) is 2.96. The Balaban J connectivity index is 2.32. The summed E-state index contributed by atoms with van der Waals surface area (Å²) >= 11 is 0. The van der Waals surface area contributed by atoms with Gasteiger partial charge in [0, 0.05) is 18.7 Å². The number of methoxy groups -OCH3 is 2. The molecule has 0 aliphatic heterocycles. The Morgan fingerprint density at radius 1 is 1.48 bits per heavy atom. The molecule has 1 heterocycles. The lowest BCUT2D eigenvalue weighted by Gasteiger charge is -2.25. The number of carboxylic acid groups (broad SMARTS) is 1. The Morgan fingerprint density at radius 3 is 2.76 bits per heavy atom. The summed E-state index contributed by atoms with van der Waals surface area (Å²) in [5.41, 5.74) is -0.0659. The number of nitrogens with zero attached hydrogens (tertiary/aromatic N) is 1. The van der Waals surface area contributed by atoms with Crippen LogP contribution >= 0.6 is 0 Å². The Bertz CT molecular complexity index is 517. The first-order chi connectivity index (χ1) is 10.1. The zero-order valence-electron chi connectivity index (χ0n) is 12.9. The van der Waals surface area contributed by atoms with Crippen molar-refractivity contribution in [3.63, 3.8) is 0 Å². The van der Waals surface area contributed by atoms with Gasteiger partial charge in [-0.25, -0.2) is 0 Å². The molecule has 21 heavy (non-hydrogen) atoms. The number of aromatic nitrogens is 1. The summed E-state index contributed by atoms with van der Waals surface area (Å²) in [6.07, 6.45) is 5.42. The van der Waals surface area contributed by atoms with Crippen LogP contribution in [0.4, 0.5) is 0 Å². The standard InChI is InChI=1S/C16H23NO4/c1-4-11-5-7-16(9-11,15(18)19)10-12-14(21-3)13(20-2)6-8-17-12/h6,8,11H,4-5,7,9-10H2,1-3H3,(H,18,19). The predicted molar refractivity (Wildman–Crippen MR) is 78.7 cm³/mol. The summed E-state index contributed by atoms with van der Waals surface area (Å²) in [7, 11) is 3.12. The molecule has 1 saturated carbocycles. The molecule has 0 saturated heterocycles. The number of carbonyl (C=O) groups is 1. The van der Waals surface area contributed by atoms with Crippen molar-refractivity contribution in [3.8, 4) is 11.5 Å². The number of rotatable bonds is 6. The zero-order chi connectivity index (χ0) is 15.5. The van der Waals surface area contributed by atoms with E-state index in [4.69, 9.17) is 9.47 Å². The van der Waals surface area contributed by atoms with Gasteiger partial charge in [0.05, 0.1) is 25.3 Å². The lowest BCUT2D eigenvalue weighted by molar-refractivity contribution is -0.148. The van der Waals surface area contributed by atoms with Gasteiger partial charge in [-0.1, -0.05) is 13.3 Å². The second-order valence-corrected chi connectivity index (χ2v) is 5.77. The number of ether oxygens (including phenoxy) is 2. The minimum atomic E-state index is -0.731. The van der Waals surface area contributed by atoms with Gasteiger partial charge in [-0.15, -0.1) is 0 Å². The number of aliphatic carboxylic acids is 1. The van der Waals surface area contributed by atoms with Crippen molar-refractivity contribution in [2.24, 2.45) is 11.3 Å². The highest BCUT2D eigenvalue weighted by molar-refractivity contribution is 5.75. The molecule has 2 atom stereocenters. The summed E-state index contributed by atoms with van der Waals surface area (Å²) in [4.78, 5) is 16.2. The lowest BCUT2D eigenvalue weighted by atomic mass is 9.80. The Labute approximate surface area is 125 Å². The molecule has 1 aliphatic carbocycles. The first kappa shape index (κ1) is 15.6. The number of hydrogen-bond acceptors (Lipinski definition) is 4.